The van der Waals surface area contributed by atoms with Gasteiger partial charge in [-0.15, -0.1) is 0 Å². The van der Waals surface area contributed by atoms with Crippen molar-refractivity contribution in [2.75, 3.05) is 20.3 Å². The molecule has 0 aromatic rings. The molecule has 0 amide bonds. The van der Waals surface area contributed by atoms with Crippen LogP contribution in [0.5, 0.6) is 0 Å². The molecule has 3 nitrogen and oxygen atoms in total. The van der Waals surface area contributed by atoms with Gasteiger partial charge in [-0.3, -0.25) is 4.79 Å². The fourth-order valence-corrected chi connectivity index (χ4v) is 1.30. The summed E-state index contributed by atoms with van der Waals surface area (Å²) in [7, 11) is 1.64. The second kappa shape index (κ2) is 9.97. The Morgan fingerprint density at radius 2 is 2.07 bits per heavy atom. The molecule has 0 aliphatic rings. The molecule has 0 aliphatic carbocycles. The first kappa shape index (κ1) is 14.4. The Balaban J connectivity index is 3.36. The van der Waals surface area contributed by atoms with Gasteiger partial charge < -0.3 is 9.47 Å². The summed E-state index contributed by atoms with van der Waals surface area (Å²) in [6.45, 7) is 5.48. The van der Waals surface area contributed by atoms with Crippen LogP contribution >= 0.6 is 0 Å². The molecule has 0 bridgehead atoms. The van der Waals surface area contributed by atoms with E-state index >= 15 is 0 Å². The molecule has 0 saturated carbocycles. The largest absolute Gasteiger partial charge is 0.465 e. The number of hydrogen-bond donors (Lipinski definition) is 0. The molecule has 0 radical (unpaired) electrons. The van der Waals surface area contributed by atoms with Gasteiger partial charge in [-0.05, 0) is 18.8 Å². The zero-order chi connectivity index (χ0) is 11.5. The maximum absolute atomic E-state index is 11.2. The number of carbonyl (C=O) groups is 1. The molecule has 0 aromatic heterocycles. The van der Waals surface area contributed by atoms with Crippen LogP contribution in [0.25, 0.3) is 0 Å². The Hall–Kier alpha value is -0.570. The highest BCUT2D eigenvalue weighted by atomic mass is 16.5. The minimum absolute atomic E-state index is 0.101. The average molecular weight is 216 g/mol. The lowest BCUT2D eigenvalue weighted by Gasteiger charge is -2.11. The van der Waals surface area contributed by atoms with E-state index in [1.807, 2.05) is 0 Å². The van der Waals surface area contributed by atoms with Crippen molar-refractivity contribution in [1.82, 2.24) is 0 Å². The van der Waals surface area contributed by atoms with Crippen LogP contribution in [0.4, 0.5) is 0 Å². The number of ether oxygens (including phenoxy) is 2. The molecular weight excluding hydrogens is 192 g/mol. The van der Waals surface area contributed by atoms with Gasteiger partial charge in [0.1, 0.15) is 0 Å². The first-order chi connectivity index (χ1) is 7.20. The Kier molecular flexibility index (Phi) is 9.59. The van der Waals surface area contributed by atoms with Crippen LogP contribution in [0.15, 0.2) is 0 Å². The van der Waals surface area contributed by atoms with Crippen molar-refractivity contribution in [1.29, 1.82) is 0 Å². The molecule has 3 heteroatoms. The molecular formula is C12H24O3. The quantitative estimate of drug-likeness (QED) is 0.439. The third-order valence-electron chi connectivity index (χ3n) is 2.31. The Labute approximate surface area is 93.1 Å². The van der Waals surface area contributed by atoms with Crippen LogP contribution in [-0.4, -0.2) is 26.3 Å². The molecule has 0 fully saturated rings. The fraction of sp³-hybridized carbons (Fsp3) is 0.917. The first-order valence-electron chi connectivity index (χ1n) is 5.85. The van der Waals surface area contributed by atoms with E-state index in [2.05, 4.69) is 13.8 Å². The van der Waals surface area contributed by atoms with Gasteiger partial charge in [0.05, 0.1) is 6.61 Å². The van der Waals surface area contributed by atoms with Gasteiger partial charge in [0.25, 0.3) is 0 Å². The lowest BCUT2D eigenvalue weighted by Crippen LogP contribution is -2.12. The van der Waals surface area contributed by atoms with Gasteiger partial charge in [0, 0.05) is 20.1 Å². The number of unbranched alkanes of at least 4 members (excludes halogenated alkanes) is 1. The third-order valence-corrected chi connectivity index (χ3v) is 2.31. The maximum atomic E-state index is 11.2. The summed E-state index contributed by atoms with van der Waals surface area (Å²) in [5.74, 6) is 0.381. The van der Waals surface area contributed by atoms with E-state index in [1.165, 1.54) is 12.8 Å². The molecule has 1 unspecified atom stereocenters. The molecule has 0 aliphatic heterocycles. The highest BCUT2D eigenvalue weighted by Gasteiger charge is 2.06. The van der Waals surface area contributed by atoms with E-state index in [4.69, 9.17) is 9.47 Å². The molecule has 0 spiro atoms. The Morgan fingerprint density at radius 1 is 1.33 bits per heavy atom. The summed E-state index contributed by atoms with van der Waals surface area (Å²) in [5, 5.41) is 0. The number of esters is 1. The van der Waals surface area contributed by atoms with Gasteiger partial charge in [0.2, 0.25) is 0 Å². The van der Waals surface area contributed by atoms with Crippen LogP contribution in [0.1, 0.15) is 46.0 Å². The second-order valence-corrected chi connectivity index (χ2v) is 4.03. The highest BCUT2D eigenvalue weighted by molar-refractivity contribution is 5.69. The summed E-state index contributed by atoms with van der Waals surface area (Å²) >= 11 is 0. The zero-order valence-electron chi connectivity index (χ0n) is 10.3. The van der Waals surface area contributed by atoms with Crippen molar-refractivity contribution in [3.63, 3.8) is 0 Å². The summed E-state index contributed by atoms with van der Waals surface area (Å²) in [5.41, 5.74) is 0. The van der Waals surface area contributed by atoms with Crippen LogP contribution in [0, 0.1) is 5.92 Å². The Morgan fingerprint density at radius 3 is 2.67 bits per heavy atom. The van der Waals surface area contributed by atoms with E-state index in [0.29, 0.717) is 25.6 Å². The fourth-order valence-electron chi connectivity index (χ4n) is 1.30. The lowest BCUT2D eigenvalue weighted by atomic mass is 10.1. The van der Waals surface area contributed by atoms with E-state index in [9.17, 15) is 4.79 Å². The average Bonchev–Trinajstić information content (AvgIpc) is 2.24. The number of rotatable bonds is 9. The minimum Gasteiger partial charge on any atom is -0.465 e. The number of hydrogen-bond acceptors (Lipinski definition) is 3. The molecule has 15 heavy (non-hydrogen) atoms. The van der Waals surface area contributed by atoms with Crippen molar-refractivity contribution < 1.29 is 14.3 Å². The minimum atomic E-state index is -0.101. The van der Waals surface area contributed by atoms with Gasteiger partial charge in [-0.1, -0.05) is 26.7 Å². The zero-order valence-corrected chi connectivity index (χ0v) is 10.3. The van der Waals surface area contributed by atoms with E-state index in [0.717, 1.165) is 12.8 Å². The number of carbonyl (C=O) groups excluding carboxylic acids is 1. The van der Waals surface area contributed by atoms with Crippen molar-refractivity contribution in [3.05, 3.63) is 0 Å². The molecule has 0 rings (SSSR count). The normalized spacial score (nSPS) is 12.5. The summed E-state index contributed by atoms with van der Waals surface area (Å²) < 4.78 is 10.0. The lowest BCUT2D eigenvalue weighted by molar-refractivity contribution is -0.145. The van der Waals surface area contributed by atoms with E-state index < -0.39 is 0 Å². The van der Waals surface area contributed by atoms with Crippen LogP contribution < -0.4 is 0 Å². The predicted octanol–water partition coefficient (Wildman–Crippen LogP) is 2.78. The topological polar surface area (TPSA) is 35.5 Å². The Bertz CT molecular complexity index is 157. The summed E-state index contributed by atoms with van der Waals surface area (Å²) in [4.78, 5) is 11.2. The van der Waals surface area contributed by atoms with Crippen molar-refractivity contribution in [2.24, 2.45) is 5.92 Å². The standard InChI is InChI=1S/C12H24O3/c1-4-5-7-11(2)10-15-12(13)8-6-9-14-3/h11H,4-10H2,1-3H3. The van der Waals surface area contributed by atoms with Crippen LogP contribution in [-0.2, 0) is 14.3 Å². The molecule has 90 valence electrons. The van der Waals surface area contributed by atoms with E-state index in [1.54, 1.807) is 7.11 Å². The number of methoxy groups -OCH3 is 1. The van der Waals surface area contributed by atoms with Crippen LogP contribution in [0.3, 0.4) is 0 Å². The molecule has 0 heterocycles. The van der Waals surface area contributed by atoms with Crippen molar-refractivity contribution in [3.8, 4) is 0 Å². The summed E-state index contributed by atoms with van der Waals surface area (Å²) in [6, 6.07) is 0. The SMILES string of the molecule is CCCCC(C)COC(=O)CCCOC. The predicted molar refractivity (Wildman–Crippen MR) is 60.8 cm³/mol. The smallest absolute Gasteiger partial charge is 0.305 e. The van der Waals surface area contributed by atoms with Gasteiger partial charge in [-0.2, -0.15) is 0 Å². The van der Waals surface area contributed by atoms with Gasteiger partial charge in [-0.25, -0.2) is 0 Å². The second-order valence-electron chi connectivity index (χ2n) is 4.03. The molecule has 0 aromatic carbocycles. The molecule has 1 atom stereocenters. The first-order valence-corrected chi connectivity index (χ1v) is 5.85. The van der Waals surface area contributed by atoms with E-state index in [-0.39, 0.29) is 5.97 Å². The summed E-state index contributed by atoms with van der Waals surface area (Å²) in [6.07, 6.45) is 4.77. The third kappa shape index (κ3) is 9.73. The highest BCUT2D eigenvalue weighted by Crippen LogP contribution is 2.08. The molecule has 0 N–H and O–H groups in total. The van der Waals surface area contributed by atoms with Gasteiger partial charge >= 0.3 is 5.97 Å². The maximum Gasteiger partial charge on any atom is 0.305 e. The van der Waals surface area contributed by atoms with Crippen molar-refractivity contribution in [2.45, 2.75) is 46.0 Å². The van der Waals surface area contributed by atoms with Crippen molar-refractivity contribution >= 4 is 5.97 Å². The molecule has 0 saturated heterocycles. The van der Waals surface area contributed by atoms with Gasteiger partial charge in [0.15, 0.2) is 0 Å². The monoisotopic (exact) mass is 216 g/mol. The van der Waals surface area contributed by atoms with Crippen LogP contribution in [0.2, 0.25) is 0 Å².